The molecule has 0 heterocycles. The van der Waals surface area contributed by atoms with E-state index < -0.39 is 4.92 Å². The highest BCUT2D eigenvalue weighted by Crippen LogP contribution is 2.17. The molecule has 0 saturated heterocycles. The van der Waals surface area contributed by atoms with Crippen LogP contribution >= 0.6 is 0 Å². The molecule has 0 saturated carbocycles. The summed E-state index contributed by atoms with van der Waals surface area (Å²) in [6.07, 6.45) is 0. The number of hydrogen-bond donors (Lipinski definition) is 1. The Morgan fingerprint density at radius 2 is 1.93 bits per heavy atom. The van der Waals surface area contributed by atoms with Crippen molar-refractivity contribution >= 4 is 11.6 Å². The van der Waals surface area contributed by atoms with Crippen molar-refractivity contribution in [3.05, 3.63) is 64.2 Å². The molecule has 0 aliphatic heterocycles. The minimum atomic E-state index is -0.402. The van der Waals surface area contributed by atoms with Crippen molar-refractivity contribution in [2.24, 2.45) is 4.99 Å². The number of aliphatic imine (C=N–C) groups is 1. The lowest BCUT2D eigenvalue weighted by Crippen LogP contribution is -2.40. The van der Waals surface area contributed by atoms with Crippen LogP contribution in [0.4, 0.5) is 5.69 Å². The Kier molecular flexibility index (Phi) is 7.42. The van der Waals surface area contributed by atoms with Gasteiger partial charge in [-0.3, -0.25) is 15.1 Å². The molecule has 2 rings (SSSR count). The first kappa shape index (κ1) is 20.0. The SMILES string of the molecule is CN=C(NCc1cccc([N+](=O)[O-])c1)N(C)CCOc1ccc(OC)cc1. The summed E-state index contributed by atoms with van der Waals surface area (Å²) in [7, 11) is 5.22. The van der Waals surface area contributed by atoms with Gasteiger partial charge in [0.1, 0.15) is 18.1 Å². The monoisotopic (exact) mass is 372 g/mol. The minimum absolute atomic E-state index is 0.0746. The van der Waals surface area contributed by atoms with Gasteiger partial charge in [-0.1, -0.05) is 12.1 Å². The Labute approximate surface area is 158 Å². The predicted molar refractivity (Wildman–Crippen MR) is 104 cm³/mol. The van der Waals surface area contributed by atoms with Crippen LogP contribution in [-0.4, -0.2) is 50.1 Å². The number of nitrogens with zero attached hydrogens (tertiary/aromatic N) is 3. The van der Waals surface area contributed by atoms with Gasteiger partial charge in [0.15, 0.2) is 5.96 Å². The smallest absolute Gasteiger partial charge is 0.269 e. The number of methoxy groups -OCH3 is 1. The third kappa shape index (κ3) is 6.18. The van der Waals surface area contributed by atoms with E-state index in [1.165, 1.54) is 6.07 Å². The van der Waals surface area contributed by atoms with E-state index in [4.69, 9.17) is 9.47 Å². The lowest BCUT2D eigenvalue weighted by Gasteiger charge is -2.22. The van der Waals surface area contributed by atoms with Crippen LogP contribution in [0.1, 0.15) is 5.56 Å². The van der Waals surface area contributed by atoms with E-state index in [0.29, 0.717) is 25.7 Å². The number of rotatable bonds is 8. The molecule has 0 spiro atoms. The van der Waals surface area contributed by atoms with Crippen LogP contribution in [0.3, 0.4) is 0 Å². The van der Waals surface area contributed by atoms with Crippen LogP contribution in [0, 0.1) is 10.1 Å². The maximum absolute atomic E-state index is 10.9. The fourth-order valence-corrected chi connectivity index (χ4v) is 2.42. The second-order valence-corrected chi connectivity index (χ2v) is 5.77. The van der Waals surface area contributed by atoms with Gasteiger partial charge >= 0.3 is 0 Å². The molecule has 144 valence electrons. The molecule has 27 heavy (non-hydrogen) atoms. The quantitative estimate of drug-likeness (QED) is 0.332. The molecule has 8 heteroatoms. The molecule has 2 aromatic rings. The molecule has 0 aromatic heterocycles. The van der Waals surface area contributed by atoms with Gasteiger partial charge in [0.25, 0.3) is 5.69 Å². The Morgan fingerprint density at radius 3 is 2.56 bits per heavy atom. The minimum Gasteiger partial charge on any atom is -0.497 e. The molecule has 0 aliphatic rings. The van der Waals surface area contributed by atoms with Crippen molar-refractivity contribution in [2.45, 2.75) is 6.54 Å². The summed E-state index contributed by atoms with van der Waals surface area (Å²) in [4.78, 5) is 16.6. The summed E-state index contributed by atoms with van der Waals surface area (Å²) in [6.45, 7) is 1.55. The van der Waals surface area contributed by atoms with Crippen molar-refractivity contribution in [3.8, 4) is 11.5 Å². The van der Waals surface area contributed by atoms with E-state index in [2.05, 4.69) is 10.3 Å². The standard InChI is InChI=1S/C19H24N4O4/c1-20-19(21-14-15-5-4-6-16(13-15)23(24)25)22(2)11-12-27-18-9-7-17(26-3)8-10-18/h4-10,13H,11-12,14H2,1-3H3,(H,20,21). The summed E-state index contributed by atoms with van der Waals surface area (Å²) in [5.41, 5.74) is 0.888. The normalized spacial score (nSPS) is 11.0. The van der Waals surface area contributed by atoms with Crippen molar-refractivity contribution in [3.63, 3.8) is 0 Å². The lowest BCUT2D eigenvalue weighted by atomic mass is 10.2. The molecule has 0 unspecified atom stereocenters. The van der Waals surface area contributed by atoms with Crippen molar-refractivity contribution in [1.82, 2.24) is 10.2 Å². The zero-order valence-electron chi connectivity index (χ0n) is 15.7. The number of benzene rings is 2. The number of ether oxygens (including phenoxy) is 2. The van der Waals surface area contributed by atoms with Gasteiger partial charge in [0.05, 0.1) is 18.6 Å². The number of hydrogen-bond acceptors (Lipinski definition) is 5. The Bertz CT molecular complexity index is 778. The number of guanidine groups is 1. The average molecular weight is 372 g/mol. The van der Waals surface area contributed by atoms with E-state index in [0.717, 1.165) is 17.1 Å². The van der Waals surface area contributed by atoms with Crippen LogP contribution in [0.2, 0.25) is 0 Å². The van der Waals surface area contributed by atoms with Gasteiger partial charge in [-0.25, -0.2) is 0 Å². The molecular weight excluding hydrogens is 348 g/mol. The van der Waals surface area contributed by atoms with Crippen molar-refractivity contribution < 1.29 is 14.4 Å². The summed E-state index contributed by atoms with van der Waals surface area (Å²) in [5.74, 6) is 2.23. The lowest BCUT2D eigenvalue weighted by molar-refractivity contribution is -0.384. The first-order chi connectivity index (χ1) is 13.0. The number of likely N-dealkylation sites (N-methyl/N-ethyl adjacent to an activating group) is 1. The Morgan fingerprint density at radius 1 is 1.22 bits per heavy atom. The molecule has 2 aromatic carbocycles. The van der Waals surface area contributed by atoms with Crippen LogP contribution in [0.5, 0.6) is 11.5 Å². The molecule has 0 radical (unpaired) electrons. The molecule has 0 bridgehead atoms. The van der Waals surface area contributed by atoms with Gasteiger partial charge in [-0.15, -0.1) is 0 Å². The van der Waals surface area contributed by atoms with Crippen LogP contribution in [0.15, 0.2) is 53.5 Å². The zero-order valence-corrected chi connectivity index (χ0v) is 15.7. The number of non-ortho nitro benzene ring substituents is 1. The van der Waals surface area contributed by atoms with Gasteiger partial charge in [-0.2, -0.15) is 0 Å². The summed E-state index contributed by atoms with van der Waals surface area (Å²) in [6, 6.07) is 13.9. The highest BCUT2D eigenvalue weighted by atomic mass is 16.6. The molecule has 0 amide bonds. The molecule has 0 atom stereocenters. The maximum Gasteiger partial charge on any atom is 0.269 e. The number of nitrogens with one attached hydrogen (secondary N) is 1. The van der Waals surface area contributed by atoms with Gasteiger partial charge in [0, 0.05) is 32.8 Å². The molecule has 8 nitrogen and oxygen atoms in total. The summed E-state index contributed by atoms with van der Waals surface area (Å²) < 4.78 is 10.8. The first-order valence-electron chi connectivity index (χ1n) is 8.45. The van der Waals surface area contributed by atoms with E-state index in [-0.39, 0.29) is 5.69 Å². The van der Waals surface area contributed by atoms with Crippen molar-refractivity contribution in [1.29, 1.82) is 0 Å². The summed E-state index contributed by atoms with van der Waals surface area (Å²) >= 11 is 0. The summed E-state index contributed by atoms with van der Waals surface area (Å²) in [5, 5.41) is 14.1. The first-order valence-corrected chi connectivity index (χ1v) is 8.45. The predicted octanol–water partition coefficient (Wildman–Crippen LogP) is 2.69. The highest BCUT2D eigenvalue weighted by Gasteiger charge is 2.09. The largest absolute Gasteiger partial charge is 0.497 e. The second kappa shape index (κ2) is 10.0. The Balaban J connectivity index is 1.81. The van der Waals surface area contributed by atoms with Gasteiger partial charge in [-0.05, 0) is 29.8 Å². The fourth-order valence-electron chi connectivity index (χ4n) is 2.42. The topological polar surface area (TPSA) is 89.2 Å². The molecular formula is C19H24N4O4. The van der Waals surface area contributed by atoms with Crippen LogP contribution < -0.4 is 14.8 Å². The number of nitro benzene ring substituents is 1. The molecule has 1 N–H and O–H groups in total. The Hall–Kier alpha value is -3.29. The van der Waals surface area contributed by atoms with E-state index in [1.807, 2.05) is 42.3 Å². The van der Waals surface area contributed by atoms with Gasteiger partial charge in [0.2, 0.25) is 0 Å². The number of nitro groups is 1. The van der Waals surface area contributed by atoms with Crippen LogP contribution in [0.25, 0.3) is 0 Å². The average Bonchev–Trinajstić information content (AvgIpc) is 2.69. The zero-order chi connectivity index (χ0) is 19.6. The maximum atomic E-state index is 10.9. The molecule has 0 aliphatic carbocycles. The fraction of sp³-hybridized carbons (Fsp3) is 0.316. The second-order valence-electron chi connectivity index (χ2n) is 5.77. The third-order valence-electron chi connectivity index (χ3n) is 3.90. The third-order valence-corrected chi connectivity index (χ3v) is 3.90. The molecule has 0 fully saturated rings. The highest BCUT2D eigenvalue weighted by molar-refractivity contribution is 5.79. The van der Waals surface area contributed by atoms with E-state index in [9.17, 15) is 10.1 Å². The van der Waals surface area contributed by atoms with E-state index >= 15 is 0 Å². The van der Waals surface area contributed by atoms with Gasteiger partial charge < -0.3 is 19.7 Å². The van der Waals surface area contributed by atoms with Crippen LogP contribution in [-0.2, 0) is 6.54 Å². The van der Waals surface area contributed by atoms with Crippen molar-refractivity contribution in [2.75, 3.05) is 34.4 Å². The van der Waals surface area contributed by atoms with E-state index in [1.54, 1.807) is 26.3 Å².